The molecule has 2 N–H and O–H groups in total. The van der Waals surface area contributed by atoms with Crippen LogP contribution in [-0.4, -0.2) is 11.1 Å². The Morgan fingerprint density at radius 3 is 2.47 bits per heavy atom. The molecule has 98 valence electrons. The van der Waals surface area contributed by atoms with Crippen LogP contribution in [0.4, 0.5) is 5.69 Å². The van der Waals surface area contributed by atoms with Crippen LogP contribution in [0.25, 0.3) is 0 Å². The van der Waals surface area contributed by atoms with Gasteiger partial charge in [-0.1, -0.05) is 48.0 Å². The predicted octanol–water partition coefficient (Wildman–Crippen LogP) is 3.89. The molecular weight excluding hydrogens is 262 g/mol. The fraction of sp³-hybridized carbons (Fsp3) is 0.133. The van der Waals surface area contributed by atoms with Gasteiger partial charge in [0.2, 0.25) is 0 Å². The number of rotatable bonds is 4. The first-order valence-corrected chi connectivity index (χ1v) is 6.26. The van der Waals surface area contributed by atoms with E-state index >= 15 is 0 Å². The minimum absolute atomic E-state index is 0.516. The molecule has 0 aliphatic rings. The number of carboxylic acids is 1. The van der Waals surface area contributed by atoms with Crippen LogP contribution in [0, 0.1) is 6.92 Å². The standard InChI is InChI=1S/C15H14ClNO2/c1-10-7-8-13(12(16)9-10)17-14(15(18)19)11-5-3-2-4-6-11/h2-9,14,17H,1H3,(H,18,19). The average molecular weight is 276 g/mol. The molecule has 0 aromatic heterocycles. The number of aryl methyl sites for hydroxylation is 1. The zero-order chi connectivity index (χ0) is 13.8. The molecule has 2 rings (SSSR count). The molecule has 4 heteroatoms. The Balaban J connectivity index is 2.29. The lowest BCUT2D eigenvalue weighted by Gasteiger charge is -2.17. The van der Waals surface area contributed by atoms with E-state index in [0.29, 0.717) is 16.3 Å². The van der Waals surface area contributed by atoms with Gasteiger partial charge in [-0.2, -0.15) is 0 Å². The maximum absolute atomic E-state index is 11.4. The van der Waals surface area contributed by atoms with Gasteiger partial charge in [-0.25, -0.2) is 4.79 Å². The van der Waals surface area contributed by atoms with E-state index in [4.69, 9.17) is 11.6 Å². The van der Waals surface area contributed by atoms with Crippen molar-refractivity contribution < 1.29 is 9.90 Å². The first kappa shape index (κ1) is 13.4. The molecule has 0 heterocycles. The molecule has 2 aromatic rings. The highest BCUT2D eigenvalue weighted by Crippen LogP contribution is 2.27. The largest absolute Gasteiger partial charge is 0.479 e. The lowest BCUT2D eigenvalue weighted by atomic mass is 10.1. The summed E-state index contributed by atoms with van der Waals surface area (Å²) < 4.78 is 0. The molecule has 0 bridgehead atoms. The molecule has 0 saturated heterocycles. The summed E-state index contributed by atoms with van der Waals surface area (Å²) in [7, 11) is 0. The van der Waals surface area contributed by atoms with Crippen molar-refractivity contribution in [3.05, 3.63) is 64.7 Å². The Bertz CT molecular complexity index is 584. The van der Waals surface area contributed by atoms with E-state index < -0.39 is 12.0 Å². The second-order valence-electron chi connectivity index (χ2n) is 4.31. The first-order valence-electron chi connectivity index (χ1n) is 5.88. The molecule has 1 unspecified atom stereocenters. The zero-order valence-electron chi connectivity index (χ0n) is 10.4. The number of nitrogens with one attached hydrogen (secondary N) is 1. The van der Waals surface area contributed by atoms with Crippen molar-refractivity contribution in [2.24, 2.45) is 0 Å². The number of aliphatic carboxylic acids is 1. The summed E-state index contributed by atoms with van der Waals surface area (Å²) in [5, 5.41) is 12.8. The number of carbonyl (C=O) groups is 1. The van der Waals surface area contributed by atoms with Gasteiger partial charge in [0.1, 0.15) is 0 Å². The van der Waals surface area contributed by atoms with E-state index in [9.17, 15) is 9.90 Å². The summed E-state index contributed by atoms with van der Waals surface area (Å²) in [6.07, 6.45) is 0. The molecule has 19 heavy (non-hydrogen) atoms. The molecule has 0 amide bonds. The summed E-state index contributed by atoms with van der Waals surface area (Å²) >= 11 is 6.11. The second-order valence-corrected chi connectivity index (χ2v) is 4.72. The number of halogens is 1. The Hall–Kier alpha value is -2.00. The van der Waals surface area contributed by atoms with E-state index in [0.717, 1.165) is 5.56 Å². The minimum Gasteiger partial charge on any atom is -0.479 e. The molecule has 0 fully saturated rings. The van der Waals surface area contributed by atoms with E-state index in [1.165, 1.54) is 0 Å². The molecule has 1 atom stereocenters. The Kier molecular flexibility index (Phi) is 4.07. The molecule has 2 aromatic carbocycles. The third kappa shape index (κ3) is 3.26. The summed E-state index contributed by atoms with van der Waals surface area (Å²) in [4.78, 5) is 11.4. The Morgan fingerprint density at radius 2 is 1.89 bits per heavy atom. The van der Waals surface area contributed by atoms with Crippen LogP contribution in [0.3, 0.4) is 0 Å². The fourth-order valence-electron chi connectivity index (χ4n) is 1.83. The van der Waals surface area contributed by atoms with Gasteiger partial charge in [0, 0.05) is 0 Å². The third-order valence-corrected chi connectivity index (χ3v) is 3.12. The zero-order valence-corrected chi connectivity index (χ0v) is 11.2. The molecule has 0 aliphatic carbocycles. The van der Waals surface area contributed by atoms with Crippen LogP contribution in [0.2, 0.25) is 5.02 Å². The van der Waals surface area contributed by atoms with Gasteiger partial charge in [0.15, 0.2) is 6.04 Å². The van der Waals surface area contributed by atoms with E-state index in [2.05, 4.69) is 5.32 Å². The van der Waals surface area contributed by atoms with E-state index in [1.807, 2.05) is 31.2 Å². The highest BCUT2D eigenvalue weighted by molar-refractivity contribution is 6.33. The number of hydrogen-bond donors (Lipinski definition) is 2. The van der Waals surface area contributed by atoms with Crippen molar-refractivity contribution >= 4 is 23.3 Å². The van der Waals surface area contributed by atoms with Crippen LogP contribution in [0.1, 0.15) is 17.2 Å². The summed E-state index contributed by atoms with van der Waals surface area (Å²) in [5.74, 6) is -0.942. The van der Waals surface area contributed by atoms with Crippen molar-refractivity contribution in [1.82, 2.24) is 0 Å². The lowest BCUT2D eigenvalue weighted by molar-refractivity contribution is -0.138. The number of hydrogen-bond acceptors (Lipinski definition) is 2. The highest BCUT2D eigenvalue weighted by atomic mass is 35.5. The third-order valence-electron chi connectivity index (χ3n) is 2.80. The second kappa shape index (κ2) is 5.76. The maximum atomic E-state index is 11.4. The monoisotopic (exact) mass is 275 g/mol. The molecule has 3 nitrogen and oxygen atoms in total. The van der Waals surface area contributed by atoms with Crippen molar-refractivity contribution in [2.45, 2.75) is 13.0 Å². The topological polar surface area (TPSA) is 49.3 Å². The highest BCUT2D eigenvalue weighted by Gasteiger charge is 2.20. The Morgan fingerprint density at radius 1 is 1.21 bits per heavy atom. The summed E-state index contributed by atoms with van der Waals surface area (Å²) in [6.45, 7) is 1.93. The van der Waals surface area contributed by atoms with Gasteiger partial charge < -0.3 is 10.4 Å². The van der Waals surface area contributed by atoms with Crippen molar-refractivity contribution in [1.29, 1.82) is 0 Å². The van der Waals surface area contributed by atoms with Crippen molar-refractivity contribution in [3.63, 3.8) is 0 Å². The first-order chi connectivity index (χ1) is 9.08. The minimum atomic E-state index is -0.942. The normalized spacial score (nSPS) is 11.9. The van der Waals surface area contributed by atoms with Crippen LogP contribution in [-0.2, 0) is 4.79 Å². The maximum Gasteiger partial charge on any atom is 0.330 e. The predicted molar refractivity (Wildman–Crippen MR) is 76.6 cm³/mol. The van der Waals surface area contributed by atoms with Gasteiger partial charge in [-0.15, -0.1) is 0 Å². The number of benzene rings is 2. The lowest BCUT2D eigenvalue weighted by Crippen LogP contribution is -2.20. The average Bonchev–Trinajstić information content (AvgIpc) is 2.38. The van der Waals surface area contributed by atoms with Crippen LogP contribution >= 0.6 is 11.6 Å². The van der Waals surface area contributed by atoms with Gasteiger partial charge in [-0.05, 0) is 30.2 Å². The van der Waals surface area contributed by atoms with Crippen molar-refractivity contribution in [2.75, 3.05) is 5.32 Å². The van der Waals surface area contributed by atoms with E-state index in [1.54, 1.807) is 24.3 Å². The van der Waals surface area contributed by atoms with Crippen LogP contribution < -0.4 is 5.32 Å². The molecule has 0 saturated carbocycles. The summed E-state index contributed by atoms with van der Waals surface area (Å²) in [6, 6.07) is 13.7. The van der Waals surface area contributed by atoms with Gasteiger partial charge >= 0.3 is 5.97 Å². The number of carboxylic acid groups (broad SMARTS) is 1. The van der Waals surface area contributed by atoms with Crippen molar-refractivity contribution in [3.8, 4) is 0 Å². The SMILES string of the molecule is Cc1ccc(NC(C(=O)O)c2ccccc2)c(Cl)c1. The number of anilines is 1. The summed E-state index contributed by atoms with van der Waals surface area (Å²) in [5.41, 5.74) is 2.33. The van der Waals surface area contributed by atoms with E-state index in [-0.39, 0.29) is 0 Å². The molecule has 0 aliphatic heterocycles. The molecule has 0 radical (unpaired) electrons. The van der Waals surface area contributed by atoms with Crippen LogP contribution in [0.5, 0.6) is 0 Å². The fourth-order valence-corrected chi connectivity index (χ4v) is 2.12. The van der Waals surface area contributed by atoms with Gasteiger partial charge in [0.25, 0.3) is 0 Å². The van der Waals surface area contributed by atoms with Gasteiger partial charge in [0.05, 0.1) is 10.7 Å². The van der Waals surface area contributed by atoms with Gasteiger partial charge in [-0.3, -0.25) is 0 Å². The Labute approximate surface area is 116 Å². The molecule has 0 spiro atoms. The smallest absolute Gasteiger partial charge is 0.330 e. The quantitative estimate of drug-likeness (QED) is 0.890. The molecular formula is C15H14ClNO2. The van der Waals surface area contributed by atoms with Crippen LogP contribution in [0.15, 0.2) is 48.5 Å².